The minimum absolute atomic E-state index is 0.161. The molecule has 0 aliphatic carbocycles. The average molecular weight is 493 g/mol. The predicted octanol–water partition coefficient (Wildman–Crippen LogP) is 1.55. The van der Waals surface area contributed by atoms with Crippen molar-refractivity contribution in [3.63, 3.8) is 0 Å². The lowest BCUT2D eigenvalue weighted by molar-refractivity contribution is -0.149. The van der Waals surface area contributed by atoms with E-state index in [0.717, 1.165) is 18.2 Å². The lowest BCUT2D eigenvalue weighted by Gasteiger charge is -2.15. The van der Waals surface area contributed by atoms with Crippen LogP contribution in [-0.2, 0) is 24.3 Å². The second-order valence-corrected chi connectivity index (χ2v) is 8.22. The summed E-state index contributed by atoms with van der Waals surface area (Å²) in [7, 11) is -4.15. The molecule has 12 heteroatoms. The molecule has 156 valence electrons. The van der Waals surface area contributed by atoms with Crippen molar-refractivity contribution in [2.45, 2.75) is 10.9 Å². The van der Waals surface area contributed by atoms with E-state index in [1.165, 1.54) is 24.3 Å². The molecule has 2 rings (SSSR count). The summed E-state index contributed by atoms with van der Waals surface area (Å²) in [5, 5.41) is 11.3. The number of carbonyl (C=O) groups excluding carboxylic acids is 2. The van der Waals surface area contributed by atoms with Gasteiger partial charge in [0.2, 0.25) is 10.0 Å². The number of aliphatic hydroxyl groups is 1. The molecule has 0 heterocycles. The normalized spacial score (nSPS) is 12.3. The fraction of sp³-hybridized carbons (Fsp3) is 0.176. The first-order chi connectivity index (χ1) is 13.6. The van der Waals surface area contributed by atoms with Gasteiger partial charge in [0.25, 0.3) is 5.91 Å². The Labute approximate surface area is 173 Å². The van der Waals surface area contributed by atoms with Crippen molar-refractivity contribution in [1.29, 1.82) is 0 Å². The van der Waals surface area contributed by atoms with Gasteiger partial charge in [-0.2, -0.15) is 4.72 Å². The molecule has 0 aromatic heterocycles. The Morgan fingerprint density at radius 1 is 1.14 bits per heavy atom. The van der Waals surface area contributed by atoms with Gasteiger partial charge in [0.05, 0.1) is 17.2 Å². The topological polar surface area (TPSA) is 122 Å². The van der Waals surface area contributed by atoms with Crippen LogP contribution in [0, 0.1) is 11.6 Å². The monoisotopic (exact) mass is 492 g/mol. The minimum Gasteiger partial charge on any atom is -0.454 e. The molecular formula is C17H15BrF2N2O6S. The van der Waals surface area contributed by atoms with Crippen molar-refractivity contribution < 1.29 is 36.6 Å². The summed E-state index contributed by atoms with van der Waals surface area (Å²) in [6.45, 7) is -1.85. The SMILES string of the molecule is O=C(COC(=O)C(CO)NS(=O)(=O)c1ccc(Br)cc1)Nc1cc(F)ccc1F. The van der Waals surface area contributed by atoms with E-state index in [1.807, 2.05) is 10.0 Å². The van der Waals surface area contributed by atoms with Crippen LogP contribution >= 0.6 is 15.9 Å². The number of hydrogen-bond donors (Lipinski definition) is 3. The molecule has 0 aliphatic rings. The summed E-state index contributed by atoms with van der Waals surface area (Å²) in [6, 6.07) is 6.19. The number of rotatable bonds is 8. The number of aliphatic hydroxyl groups excluding tert-OH is 1. The van der Waals surface area contributed by atoms with E-state index in [-0.39, 0.29) is 4.90 Å². The zero-order valence-corrected chi connectivity index (χ0v) is 17.0. The van der Waals surface area contributed by atoms with Crippen LogP contribution in [0.1, 0.15) is 0 Å². The lowest BCUT2D eigenvalue weighted by Crippen LogP contribution is -2.44. The Morgan fingerprint density at radius 2 is 1.79 bits per heavy atom. The average Bonchev–Trinajstić information content (AvgIpc) is 2.67. The summed E-state index contributed by atoms with van der Waals surface area (Å²) in [4.78, 5) is 23.6. The number of ether oxygens (including phenoxy) is 1. The van der Waals surface area contributed by atoms with E-state index in [9.17, 15) is 31.9 Å². The highest BCUT2D eigenvalue weighted by Crippen LogP contribution is 2.16. The maximum Gasteiger partial charge on any atom is 0.327 e. The summed E-state index contributed by atoms with van der Waals surface area (Å²) in [6.07, 6.45) is 0. The third-order valence-electron chi connectivity index (χ3n) is 3.44. The van der Waals surface area contributed by atoms with Crippen LogP contribution in [0.5, 0.6) is 0 Å². The third-order valence-corrected chi connectivity index (χ3v) is 5.45. The summed E-state index contributed by atoms with van der Waals surface area (Å²) in [5.74, 6) is -3.92. The number of carbonyl (C=O) groups is 2. The Bertz CT molecular complexity index is 1000. The summed E-state index contributed by atoms with van der Waals surface area (Å²) in [5.41, 5.74) is -0.458. The van der Waals surface area contributed by atoms with Crippen LogP contribution in [0.15, 0.2) is 51.8 Å². The van der Waals surface area contributed by atoms with Gasteiger partial charge in [-0.3, -0.25) is 9.59 Å². The molecule has 8 nitrogen and oxygen atoms in total. The Morgan fingerprint density at radius 3 is 2.41 bits per heavy atom. The molecule has 0 radical (unpaired) electrons. The highest BCUT2D eigenvalue weighted by atomic mass is 79.9. The molecule has 0 fully saturated rings. The standard InChI is InChI=1S/C17H15BrF2N2O6S/c18-10-1-4-12(5-2-10)29(26,27)22-15(8-23)17(25)28-9-16(24)21-14-7-11(19)3-6-13(14)20/h1-7,15,22-23H,8-9H2,(H,21,24). The number of benzene rings is 2. The van der Waals surface area contributed by atoms with Crippen molar-refractivity contribution in [3.05, 3.63) is 58.6 Å². The van der Waals surface area contributed by atoms with Gasteiger partial charge in [-0.1, -0.05) is 15.9 Å². The molecule has 0 saturated heterocycles. The third kappa shape index (κ3) is 6.56. The van der Waals surface area contributed by atoms with Gasteiger partial charge in [-0.05, 0) is 36.4 Å². The van der Waals surface area contributed by atoms with Crippen LogP contribution in [0.3, 0.4) is 0 Å². The lowest BCUT2D eigenvalue weighted by atomic mass is 10.3. The molecule has 29 heavy (non-hydrogen) atoms. The quantitative estimate of drug-likeness (QED) is 0.480. The largest absolute Gasteiger partial charge is 0.454 e. The first-order valence-corrected chi connectivity index (χ1v) is 10.2. The molecule has 1 atom stereocenters. The van der Waals surface area contributed by atoms with Crippen LogP contribution in [0.4, 0.5) is 14.5 Å². The predicted molar refractivity (Wildman–Crippen MR) is 101 cm³/mol. The van der Waals surface area contributed by atoms with Crippen molar-refractivity contribution >= 4 is 43.5 Å². The number of nitrogens with one attached hydrogen (secondary N) is 2. The van der Waals surface area contributed by atoms with Gasteiger partial charge in [0.1, 0.15) is 17.7 Å². The Kier molecular flexibility index (Phi) is 7.79. The van der Waals surface area contributed by atoms with E-state index in [1.54, 1.807) is 0 Å². The maximum atomic E-state index is 13.5. The second kappa shape index (κ2) is 9.87. The van der Waals surface area contributed by atoms with E-state index in [4.69, 9.17) is 0 Å². The van der Waals surface area contributed by atoms with Gasteiger partial charge in [-0.25, -0.2) is 17.2 Å². The molecule has 0 saturated carbocycles. The number of hydrogen-bond acceptors (Lipinski definition) is 6. The van der Waals surface area contributed by atoms with Crippen molar-refractivity contribution in [2.24, 2.45) is 0 Å². The number of amides is 1. The first kappa shape index (κ1) is 22.9. The molecule has 3 N–H and O–H groups in total. The van der Waals surface area contributed by atoms with Gasteiger partial charge in [0.15, 0.2) is 6.61 Å². The van der Waals surface area contributed by atoms with E-state index in [0.29, 0.717) is 4.47 Å². The van der Waals surface area contributed by atoms with Crippen LogP contribution in [0.25, 0.3) is 0 Å². The number of anilines is 1. The van der Waals surface area contributed by atoms with Crippen LogP contribution in [-0.4, -0.2) is 44.7 Å². The highest BCUT2D eigenvalue weighted by Gasteiger charge is 2.27. The fourth-order valence-corrected chi connectivity index (χ4v) is 3.49. The first-order valence-electron chi connectivity index (χ1n) is 7.92. The summed E-state index contributed by atoms with van der Waals surface area (Å²) >= 11 is 3.15. The van der Waals surface area contributed by atoms with Crippen LogP contribution in [0.2, 0.25) is 0 Å². The van der Waals surface area contributed by atoms with Gasteiger partial charge >= 0.3 is 5.97 Å². The van der Waals surface area contributed by atoms with Gasteiger partial charge in [-0.15, -0.1) is 0 Å². The fourth-order valence-electron chi connectivity index (χ4n) is 2.05. The van der Waals surface area contributed by atoms with Gasteiger partial charge < -0.3 is 15.2 Å². The molecule has 0 bridgehead atoms. The van der Waals surface area contributed by atoms with Crippen molar-refractivity contribution in [1.82, 2.24) is 4.72 Å². The molecule has 0 aliphatic heterocycles. The zero-order valence-electron chi connectivity index (χ0n) is 14.6. The number of halogens is 3. The van der Waals surface area contributed by atoms with Crippen molar-refractivity contribution in [2.75, 3.05) is 18.5 Å². The molecule has 0 spiro atoms. The molecule has 2 aromatic rings. The highest BCUT2D eigenvalue weighted by molar-refractivity contribution is 9.10. The summed E-state index contributed by atoms with van der Waals surface area (Å²) < 4.78 is 58.3. The van der Waals surface area contributed by atoms with Crippen LogP contribution < -0.4 is 10.0 Å². The van der Waals surface area contributed by atoms with Crippen molar-refractivity contribution in [3.8, 4) is 0 Å². The molecule has 1 unspecified atom stereocenters. The Balaban J connectivity index is 1.96. The maximum absolute atomic E-state index is 13.5. The van der Waals surface area contributed by atoms with E-state index in [2.05, 4.69) is 20.7 Å². The van der Waals surface area contributed by atoms with E-state index < -0.39 is 58.5 Å². The Hall–Kier alpha value is -2.41. The van der Waals surface area contributed by atoms with Gasteiger partial charge in [0, 0.05) is 10.5 Å². The molecule has 1 amide bonds. The molecule has 2 aromatic carbocycles. The number of sulfonamides is 1. The smallest absolute Gasteiger partial charge is 0.327 e. The minimum atomic E-state index is -4.15. The number of esters is 1. The second-order valence-electron chi connectivity index (χ2n) is 5.59. The molecular weight excluding hydrogens is 478 g/mol. The zero-order chi connectivity index (χ0) is 21.6. The van der Waals surface area contributed by atoms with E-state index >= 15 is 0 Å².